The van der Waals surface area contributed by atoms with Gasteiger partial charge in [0.1, 0.15) is 0 Å². The minimum absolute atomic E-state index is 0.218. The lowest BCUT2D eigenvalue weighted by Crippen LogP contribution is -2.14. The van der Waals surface area contributed by atoms with Crippen molar-refractivity contribution in [1.29, 1.82) is 0 Å². The summed E-state index contributed by atoms with van der Waals surface area (Å²) in [6, 6.07) is 5.10. The van der Waals surface area contributed by atoms with Crippen LogP contribution >= 0.6 is 15.9 Å². The number of nitrogens with one attached hydrogen (secondary N) is 1. The van der Waals surface area contributed by atoms with Gasteiger partial charge in [-0.05, 0) is 35.0 Å². The normalized spacial score (nSPS) is 10.1. The molecule has 6 heteroatoms. The first-order valence-corrected chi connectivity index (χ1v) is 6.33. The molecule has 0 atom stereocenters. The van der Waals surface area contributed by atoms with Gasteiger partial charge in [-0.15, -0.1) is 0 Å². The number of rotatable bonds is 3. The number of halogens is 1. The Balaban J connectivity index is 2.22. The van der Waals surface area contributed by atoms with Gasteiger partial charge < -0.3 is 10.1 Å². The highest BCUT2D eigenvalue weighted by Crippen LogP contribution is 2.20. The second-order valence-electron chi connectivity index (χ2n) is 3.80. The van der Waals surface area contributed by atoms with Crippen LogP contribution in [0.3, 0.4) is 0 Å². The monoisotopic (exact) mass is 321 g/mol. The lowest BCUT2D eigenvalue weighted by Gasteiger charge is -2.09. The number of carbonyl (C=O) groups is 1. The molecule has 1 amide bonds. The van der Waals surface area contributed by atoms with Gasteiger partial charge in [-0.2, -0.15) is 0 Å². The molecule has 5 nitrogen and oxygen atoms in total. The number of ether oxygens (including phenoxy) is 1. The van der Waals surface area contributed by atoms with Gasteiger partial charge in [-0.25, -0.2) is 4.98 Å². The molecule has 0 saturated heterocycles. The molecule has 98 valence electrons. The highest BCUT2D eigenvalue weighted by molar-refractivity contribution is 9.10. The molecule has 0 bridgehead atoms. The van der Waals surface area contributed by atoms with Crippen LogP contribution in [0, 0.1) is 6.92 Å². The molecule has 19 heavy (non-hydrogen) atoms. The van der Waals surface area contributed by atoms with Crippen molar-refractivity contribution < 1.29 is 9.53 Å². The van der Waals surface area contributed by atoms with Crippen molar-refractivity contribution in [3.8, 4) is 5.88 Å². The number of nitrogens with zero attached hydrogens (tertiary/aromatic N) is 2. The van der Waals surface area contributed by atoms with Crippen molar-refractivity contribution in [3.63, 3.8) is 0 Å². The van der Waals surface area contributed by atoms with Crippen LogP contribution < -0.4 is 10.1 Å². The second kappa shape index (κ2) is 5.79. The maximum absolute atomic E-state index is 12.1. The molecule has 0 radical (unpaired) electrons. The summed E-state index contributed by atoms with van der Waals surface area (Å²) in [4.78, 5) is 20.2. The summed E-state index contributed by atoms with van der Waals surface area (Å²) in [5.74, 6) is 0.296. The number of carbonyl (C=O) groups excluding carboxylic acids is 1. The van der Waals surface area contributed by atoms with Crippen LogP contribution in [0.5, 0.6) is 5.88 Å². The van der Waals surface area contributed by atoms with E-state index in [1.165, 1.54) is 0 Å². The molecule has 2 aromatic rings. The van der Waals surface area contributed by atoms with Crippen LogP contribution in [-0.2, 0) is 0 Å². The fourth-order valence-electron chi connectivity index (χ4n) is 1.53. The standard InChI is InChI=1S/C13H12BrN3O2/c1-8-11(3-4-12(16-8)19-2)17-13(18)9-5-6-15-7-10(9)14/h3-7H,1-2H3,(H,17,18). The van der Waals surface area contributed by atoms with Crippen LogP contribution in [0.2, 0.25) is 0 Å². The average Bonchev–Trinajstić information content (AvgIpc) is 2.41. The van der Waals surface area contributed by atoms with Crippen LogP contribution in [0.4, 0.5) is 5.69 Å². The first-order valence-electron chi connectivity index (χ1n) is 5.54. The van der Waals surface area contributed by atoms with Crippen molar-refractivity contribution in [1.82, 2.24) is 9.97 Å². The smallest absolute Gasteiger partial charge is 0.256 e. The first kappa shape index (κ1) is 13.5. The number of hydrogen-bond donors (Lipinski definition) is 1. The zero-order valence-electron chi connectivity index (χ0n) is 10.5. The minimum atomic E-state index is -0.218. The van der Waals surface area contributed by atoms with Gasteiger partial charge in [-0.3, -0.25) is 9.78 Å². The summed E-state index contributed by atoms with van der Waals surface area (Å²) in [6.45, 7) is 1.81. The van der Waals surface area contributed by atoms with Crippen LogP contribution in [0.25, 0.3) is 0 Å². The largest absolute Gasteiger partial charge is 0.481 e. The number of pyridine rings is 2. The predicted molar refractivity (Wildman–Crippen MR) is 75.4 cm³/mol. The van der Waals surface area contributed by atoms with Crippen LogP contribution in [-0.4, -0.2) is 23.0 Å². The van der Waals surface area contributed by atoms with Crippen molar-refractivity contribution >= 4 is 27.5 Å². The van der Waals surface area contributed by atoms with E-state index in [0.717, 1.165) is 0 Å². The molecule has 1 N–H and O–H groups in total. The van der Waals surface area contributed by atoms with Gasteiger partial charge in [0.25, 0.3) is 5.91 Å². The number of methoxy groups -OCH3 is 1. The SMILES string of the molecule is COc1ccc(NC(=O)c2ccncc2Br)c(C)n1. The first-order chi connectivity index (χ1) is 9.11. The highest BCUT2D eigenvalue weighted by atomic mass is 79.9. The molecule has 0 unspecified atom stereocenters. The van der Waals surface area contributed by atoms with Crippen molar-refractivity contribution in [3.05, 3.63) is 46.3 Å². The van der Waals surface area contributed by atoms with E-state index in [4.69, 9.17) is 4.74 Å². The van der Waals surface area contributed by atoms with E-state index in [-0.39, 0.29) is 5.91 Å². The molecule has 0 saturated carbocycles. The molecule has 0 fully saturated rings. The third-order valence-electron chi connectivity index (χ3n) is 2.53. The van der Waals surface area contributed by atoms with E-state index in [9.17, 15) is 4.79 Å². The minimum Gasteiger partial charge on any atom is -0.481 e. The average molecular weight is 322 g/mol. The molecule has 0 aliphatic carbocycles. The van der Waals surface area contributed by atoms with E-state index in [1.807, 2.05) is 0 Å². The molecule has 2 aromatic heterocycles. The van der Waals surface area contributed by atoms with Crippen molar-refractivity contribution in [2.75, 3.05) is 12.4 Å². The Morgan fingerprint density at radius 2 is 2.16 bits per heavy atom. The Kier molecular flexibility index (Phi) is 4.11. The Morgan fingerprint density at radius 1 is 1.37 bits per heavy atom. The van der Waals surface area contributed by atoms with Gasteiger partial charge in [-0.1, -0.05) is 0 Å². The van der Waals surface area contributed by atoms with Gasteiger partial charge in [0.2, 0.25) is 5.88 Å². The third-order valence-corrected chi connectivity index (χ3v) is 3.17. The second-order valence-corrected chi connectivity index (χ2v) is 4.65. The molecule has 0 spiro atoms. The van der Waals surface area contributed by atoms with E-state index < -0.39 is 0 Å². The van der Waals surface area contributed by atoms with Crippen LogP contribution in [0.1, 0.15) is 16.1 Å². The number of anilines is 1. The van der Waals surface area contributed by atoms with Crippen molar-refractivity contribution in [2.45, 2.75) is 6.92 Å². The predicted octanol–water partition coefficient (Wildman–Crippen LogP) is 2.81. The van der Waals surface area contributed by atoms with E-state index >= 15 is 0 Å². The van der Waals surface area contributed by atoms with E-state index in [0.29, 0.717) is 27.3 Å². The summed E-state index contributed by atoms with van der Waals surface area (Å²) in [7, 11) is 1.55. The summed E-state index contributed by atoms with van der Waals surface area (Å²) < 4.78 is 5.66. The Hall–Kier alpha value is -1.95. The number of aryl methyl sites for hydroxylation is 1. The van der Waals surface area contributed by atoms with E-state index in [1.54, 1.807) is 44.6 Å². The van der Waals surface area contributed by atoms with Crippen LogP contribution in [0.15, 0.2) is 35.1 Å². The number of hydrogen-bond acceptors (Lipinski definition) is 4. The third kappa shape index (κ3) is 3.08. The molecular formula is C13H12BrN3O2. The summed E-state index contributed by atoms with van der Waals surface area (Å²) in [5.41, 5.74) is 1.86. The van der Waals surface area contributed by atoms with Gasteiger partial charge in [0.15, 0.2) is 0 Å². The number of amides is 1. The fraction of sp³-hybridized carbons (Fsp3) is 0.154. The molecule has 0 aromatic carbocycles. The summed E-state index contributed by atoms with van der Waals surface area (Å²) >= 11 is 3.29. The van der Waals surface area contributed by atoms with Gasteiger partial charge >= 0.3 is 0 Å². The van der Waals surface area contributed by atoms with E-state index in [2.05, 4.69) is 31.2 Å². The summed E-state index contributed by atoms with van der Waals surface area (Å²) in [5, 5.41) is 2.80. The molecule has 2 heterocycles. The maximum atomic E-state index is 12.1. The number of aromatic nitrogens is 2. The lowest BCUT2D eigenvalue weighted by atomic mass is 10.2. The lowest BCUT2D eigenvalue weighted by molar-refractivity contribution is 0.102. The zero-order valence-corrected chi connectivity index (χ0v) is 12.1. The van der Waals surface area contributed by atoms with Gasteiger partial charge in [0, 0.05) is 22.9 Å². The Labute approximate surface area is 119 Å². The molecule has 2 rings (SSSR count). The topological polar surface area (TPSA) is 64.1 Å². The quantitative estimate of drug-likeness (QED) is 0.944. The molecule has 0 aliphatic heterocycles. The molecular weight excluding hydrogens is 310 g/mol. The summed E-state index contributed by atoms with van der Waals surface area (Å²) in [6.07, 6.45) is 3.15. The maximum Gasteiger partial charge on any atom is 0.256 e. The highest BCUT2D eigenvalue weighted by Gasteiger charge is 2.11. The fourth-order valence-corrected chi connectivity index (χ4v) is 1.96. The Morgan fingerprint density at radius 3 is 2.79 bits per heavy atom. The van der Waals surface area contributed by atoms with Crippen molar-refractivity contribution in [2.24, 2.45) is 0 Å². The molecule has 0 aliphatic rings. The Bertz CT molecular complexity index is 617. The van der Waals surface area contributed by atoms with Gasteiger partial charge in [0.05, 0.1) is 24.1 Å². The zero-order chi connectivity index (χ0) is 13.8.